The number of rotatable bonds is 7. The number of fused-ring (bicyclic) bond motifs is 2. The topological polar surface area (TPSA) is 128 Å². The summed E-state index contributed by atoms with van der Waals surface area (Å²) in [7, 11) is 0. The molecule has 6 rings (SSSR count). The van der Waals surface area contributed by atoms with Gasteiger partial charge in [0.05, 0.1) is 46.7 Å². The number of carbonyl (C=O) groups excluding carboxylic acids is 1. The van der Waals surface area contributed by atoms with E-state index in [0.29, 0.717) is 29.1 Å². The summed E-state index contributed by atoms with van der Waals surface area (Å²) in [4.78, 5) is 36.5. The number of amides is 1. The molecule has 1 saturated heterocycles. The minimum Gasteiger partial charge on any atom is -0.368 e. The zero-order valence-electron chi connectivity index (χ0n) is 20.8. The molecule has 0 saturated carbocycles. The Hall–Kier alpha value is -4.34. The second-order valence-electron chi connectivity index (χ2n) is 9.47. The van der Waals surface area contributed by atoms with Crippen molar-refractivity contribution in [3.63, 3.8) is 0 Å². The number of aromatic nitrogens is 7. The van der Waals surface area contributed by atoms with Crippen molar-refractivity contribution in [1.82, 2.24) is 35.1 Å². The van der Waals surface area contributed by atoms with E-state index in [1.54, 1.807) is 18.6 Å². The maximum atomic E-state index is 12.2. The van der Waals surface area contributed by atoms with Gasteiger partial charge in [0.15, 0.2) is 11.5 Å². The van der Waals surface area contributed by atoms with Gasteiger partial charge in [-0.3, -0.25) is 19.9 Å². The Morgan fingerprint density at radius 2 is 1.86 bits per heavy atom. The first kappa shape index (κ1) is 23.1. The van der Waals surface area contributed by atoms with E-state index >= 15 is 0 Å². The van der Waals surface area contributed by atoms with Crippen LogP contribution in [0.2, 0.25) is 0 Å². The molecule has 1 fully saturated rings. The maximum absolute atomic E-state index is 12.2. The highest BCUT2D eigenvalue weighted by Gasteiger charge is 2.20. The molecular formula is C27H29N9O. The van der Waals surface area contributed by atoms with E-state index in [-0.39, 0.29) is 5.91 Å². The van der Waals surface area contributed by atoms with Crippen LogP contribution >= 0.6 is 0 Å². The van der Waals surface area contributed by atoms with Crippen molar-refractivity contribution < 1.29 is 4.79 Å². The third-order valence-corrected chi connectivity index (χ3v) is 6.78. The molecule has 0 atom stereocenters. The van der Waals surface area contributed by atoms with Crippen LogP contribution in [0.25, 0.3) is 44.8 Å². The van der Waals surface area contributed by atoms with Crippen molar-refractivity contribution in [2.45, 2.75) is 45.4 Å². The van der Waals surface area contributed by atoms with E-state index in [2.05, 4.69) is 42.3 Å². The first-order chi connectivity index (χ1) is 18.2. The van der Waals surface area contributed by atoms with E-state index < -0.39 is 0 Å². The highest BCUT2D eigenvalue weighted by Crippen LogP contribution is 2.31. The summed E-state index contributed by atoms with van der Waals surface area (Å²) in [5.74, 6) is 0.636. The van der Waals surface area contributed by atoms with Crippen LogP contribution in [-0.2, 0) is 4.79 Å². The number of hydrogen-bond donors (Lipinski definition) is 3. The van der Waals surface area contributed by atoms with Crippen molar-refractivity contribution in [3.05, 3.63) is 43.0 Å². The van der Waals surface area contributed by atoms with Crippen molar-refractivity contribution in [2.75, 3.05) is 23.3 Å². The van der Waals surface area contributed by atoms with Gasteiger partial charge in [-0.2, -0.15) is 5.10 Å². The number of piperidine rings is 1. The van der Waals surface area contributed by atoms with E-state index in [0.717, 1.165) is 59.4 Å². The number of nitrogens with zero attached hydrogens (tertiary/aromatic N) is 6. The normalized spacial score (nSPS) is 13.9. The average Bonchev–Trinajstić information content (AvgIpc) is 3.56. The minimum absolute atomic E-state index is 0.00960. The summed E-state index contributed by atoms with van der Waals surface area (Å²) in [6.45, 7) is 4.11. The Morgan fingerprint density at radius 3 is 2.73 bits per heavy atom. The predicted molar refractivity (Wildman–Crippen MR) is 144 cm³/mol. The number of pyridine rings is 3. The zero-order valence-corrected chi connectivity index (χ0v) is 20.8. The largest absolute Gasteiger partial charge is 0.368 e. The van der Waals surface area contributed by atoms with Crippen LogP contribution in [0.1, 0.15) is 45.4 Å². The molecule has 0 unspecified atom stereocenters. The molecule has 1 aliphatic rings. The predicted octanol–water partition coefficient (Wildman–Crippen LogP) is 5.08. The number of imidazole rings is 1. The van der Waals surface area contributed by atoms with Gasteiger partial charge >= 0.3 is 0 Å². The van der Waals surface area contributed by atoms with E-state index in [9.17, 15) is 4.79 Å². The molecule has 0 bridgehead atoms. The van der Waals surface area contributed by atoms with Crippen molar-refractivity contribution in [2.24, 2.45) is 0 Å². The van der Waals surface area contributed by atoms with Crippen LogP contribution in [0.15, 0.2) is 43.0 Å². The molecule has 6 heterocycles. The van der Waals surface area contributed by atoms with Crippen LogP contribution in [-0.4, -0.2) is 54.1 Å². The Bertz CT molecular complexity index is 1570. The first-order valence-electron chi connectivity index (χ1n) is 12.9. The Kier molecular flexibility index (Phi) is 6.21. The van der Waals surface area contributed by atoms with Gasteiger partial charge in [-0.15, -0.1) is 0 Å². The van der Waals surface area contributed by atoms with Crippen LogP contribution < -0.4 is 10.2 Å². The zero-order chi connectivity index (χ0) is 25.2. The fourth-order valence-electron chi connectivity index (χ4n) is 4.83. The van der Waals surface area contributed by atoms with E-state index in [1.807, 2.05) is 24.4 Å². The molecule has 1 amide bonds. The third kappa shape index (κ3) is 4.62. The number of H-pyrrole nitrogens is 2. The summed E-state index contributed by atoms with van der Waals surface area (Å²) in [5, 5.41) is 10.5. The highest BCUT2D eigenvalue weighted by atomic mass is 16.1. The van der Waals surface area contributed by atoms with Gasteiger partial charge in [-0.25, -0.2) is 9.97 Å². The molecule has 0 spiro atoms. The first-order valence-corrected chi connectivity index (χ1v) is 12.9. The fraction of sp³-hybridized carbons (Fsp3) is 0.333. The van der Waals surface area contributed by atoms with Gasteiger partial charge in [-0.1, -0.05) is 13.3 Å². The number of hydrogen-bond acceptors (Lipinski definition) is 7. The lowest BCUT2D eigenvalue weighted by Gasteiger charge is -2.28. The summed E-state index contributed by atoms with van der Waals surface area (Å²) < 4.78 is 0. The number of aromatic amines is 2. The van der Waals surface area contributed by atoms with Crippen LogP contribution in [0.4, 0.5) is 11.4 Å². The van der Waals surface area contributed by atoms with E-state index in [4.69, 9.17) is 9.97 Å². The SMILES string of the molecule is CCCCC(=O)Nc1cncc(-c2ccc3[nH]nc(-c4nc5c(N6CCCCC6)cncc5[nH]4)c3n2)c1. The summed E-state index contributed by atoms with van der Waals surface area (Å²) >= 11 is 0. The molecule has 1 aliphatic heterocycles. The van der Waals surface area contributed by atoms with Gasteiger partial charge < -0.3 is 15.2 Å². The molecule has 0 aromatic carbocycles. The lowest BCUT2D eigenvalue weighted by atomic mass is 10.1. The van der Waals surface area contributed by atoms with Crippen LogP contribution in [0, 0.1) is 0 Å². The summed E-state index contributed by atoms with van der Waals surface area (Å²) in [6.07, 6.45) is 13.1. The molecule has 10 heteroatoms. The summed E-state index contributed by atoms with van der Waals surface area (Å²) in [6, 6.07) is 5.76. The van der Waals surface area contributed by atoms with Crippen molar-refractivity contribution in [3.8, 4) is 22.8 Å². The molecular weight excluding hydrogens is 466 g/mol. The Labute approximate surface area is 214 Å². The molecule has 5 aromatic heterocycles. The lowest BCUT2D eigenvalue weighted by molar-refractivity contribution is -0.116. The second-order valence-corrected chi connectivity index (χ2v) is 9.47. The third-order valence-electron chi connectivity index (χ3n) is 6.78. The standard InChI is InChI=1S/C27H29N9O/c1-2-3-7-23(37)30-18-12-17(13-28-14-18)19-8-9-20-25(31-19)26(35-34-20)27-32-21-15-29-16-22(24(21)33-27)36-10-5-4-6-11-36/h8-9,12-16H,2-7,10-11H2,1H3,(H,30,37)(H,32,33)(H,34,35). The molecule has 37 heavy (non-hydrogen) atoms. The maximum Gasteiger partial charge on any atom is 0.224 e. The molecule has 5 aromatic rings. The number of anilines is 2. The van der Waals surface area contributed by atoms with Gasteiger partial charge in [0.1, 0.15) is 11.0 Å². The van der Waals surface area contributed by atoms with Crippen LogP contribution in [0.3, 0.4) is 0 Å². The van der Waals surface area contributed by atoms with Crippen LogP contribution in [0.5, 0.6) is 0 Å². The number of unbranched alkanes of at least 4 members (excludes halogenated alkanes) is 1. The quantitative estimate of drug-likeness (QED) is 0.287. The monoisotopic (exact) mass is 495 g/mol. The molecule has 3 N–H and O–H groups in total. The average molecular weight is 496 g/mol. The van der Waals surface area contributed by atoms with Crippen molar-refractivity contribution in [1.29, 1.82) is 0 Å². The minimum atomic E-state index is -0.00960. The Balaban J connectivity index is 1.34. The lowest BCUT2D eigenvalue weighted by Crippen LogP contribution is -2.29. The molecule has 0 aliphatic carbocycles. The molecule has 10 nitrogen and oxygen atoms in total. The van der Waals surface area contributed by atoms with Crippen molar-refractivity contribution >= 4 is 39.3 Å². The number of nitrogens with one attached hydrogen (secondary N) is 3. The second kappa shape index (κ2) is 9.96. The summed E-state index contributed by atoms with van der Waals surface area (Å²) in [5.41, 5.74) is 7.19. The van der Waals surface area contributed by atoms with Gasteiger partial charge in [0.2, 0.25) is 5.91 Å². The van der Waals surface area contributed by atoms with Gasteiger partial charge in [-0.05, 0) is 43.9 Å². The van der Waals surface area contributed by atoms with E-state index in [1.165, 1.54) is 19.3 Å². The number of carbonyl (C=O) groups is 1. The molecule has 188 valence electrons. The molecule has 0 radical (unpaired) electrons. The van der Waals surface area contributed by atoms with Gasteiger partial charge in [0.25, 0.3) is 0 Å². The fourth-order valence-corrected chi connectivity index (χ4v) is 4.83. The van der Waals surface area contributed by atoms with Gasteiger partial charge in [0, 0.05) is 31.3 Å². The highest BCUT2D eigenvalue weighted by molar-refractivity contribution is 5.95. The Morgan fingerprint density at radius 1 is 1.00 bits per heavy atom. The smallest absolute Gasteiger partial charge is 0.224 e.